The maximum Gasteiger partial charge on any atom is 0.274 e. The van der Waals surface area contributed by atoms with E-state index in [1.807, 2.05) is 19.1 Å². The van der Waals surface area contributed by atoms with Gasteiger partial charge in [0.05, 0.1) is 18.8 Å². The fourth-order valence-corrected chi connectivity index (χ4v) is 2.89. The van der Waals surface area contributed by atoms with Gasteiger partial charge in [-0.1, -0.05) is 13.0 Å². The summed E-state index contributed by atoms with van der Waals surface area (Å²) in [4.78, 5) is 4.21. The zero-order valence-corrected chi connectivity index (χ0v) is 12.9. The second-order valence-corrected chi connectivity index (χ2v) is 6.24. The van der Waals surface area contributed by atoms with E-state index in [9.17, 15) is 8.42 Å². The molecular formula is C14H19N3O3S. The molecular weight excluding hydrogens is 290 g/mol. The van der Waals surface area contributed by atoms with Crippen LogP contribution in [0.1, 0.15) is 23.9 Å². The Labute approximate surface area is 124 Å². The zero-order valence-electron chi connectivity index (χ0n) is 12.1. The summed E-state index contributed by atoms with van der Waals surface area (Å²) in [5, 5.41) is 2.82. The molecule has 2 N–H and O–H groups in total. The minimum absolute atomic E-state index is 0.0817. The van der Waals surface area contributed by atoms with Crippen LogP contribution in [0.3, 0.4) is 0 Å². The molecule has 0 aromatic carbocycles. The molecule has 7 heteroatoms. The molecule has 2 rings (SSSR count). The first kappa shape index (κ1) is 15.7. The molecule has 0 atom stereocenters. The number of furan rings is 1. The first-order chi connectivity index (χ1) is 10.1. The van der Waals surface area contributed by atoms with Crippen molar-refractivity contribution < 1.29 is 12.8 Å². The topological polar surface area (TPSA) is 84.2 Å². The SMILES string of the molecule is CCc1cccnc1CNS(=O)(=O)c1ccc(CNC)o1. The van der Waals surface area contributed by atoms with E-state index >= 15 is 0 Å². The van der Waals surface area contributed by atoms with Crippen molar-refractivity contribution >= 4 is 10.0 Å². The molecule has 0 radical (unpaired) electrons. The first-order valence-corrected chi connectivity index (χ1v) is 8.21. The van der Waals surface area contributed by atoms with Crippen LogP contribution in [-0.4, -0.2) is 20.4 Å². The van der Waals surface area contributed by atoms with Crippen molar-refractivity contribution in [3.8, 4) is 0 Å². The summed E-state index contributed by atoms with van der Waals surface area (Å²) in [5.41, 5.74) is 1.75. The summed E-state index contributed by atoms with van der Waals surface area (Å²) < 4.78 is 32.2. The van der Waals surface area contributed by atoms with Gasteiger partial charge >= 0.3 is 0 Å². The standard InChI is InChI=1S/C14H19N3O3S/c1-3-11-5-4-8-16-13(11)10-17-21(18,19)14-7-6-12(20-14)9-15-2/h4-8,15,17H,3,9-10H2,1-2H3. The molecule has 0 bridgehead atoms. The van der Waals surface area contributed by atoms with Gasteiger partial charge in [0.2, 0.25) is 5.09 Å². The van der Waals surface area contributed by atoms with Gasteiger partial charge in [0.15, 0.2) is 0 Å². The number of nitrogens with zero attached hydrogens (tertiary/aromatic N) is 1. The molecule has 2 aromatic rings. The normalized spacial score (nSPS) is 11.7. The number of pyridine rings is 1. The average molecular weight is 309 g/mol. The number of aromatic nitrogens is 1. The predicted octanol–water partition coefficient (Wildman–Crippen LogP) is 1.43. The lowest BCUT2D eigenvalue weighted by atomic mass is 10.1. The summed E-state index contributed by atoms with van der Waals surface area (Å²) in [6.07, 6.45) is 2.46. The average Bonchev–Trinajstić information content (AvgIpc) is 2.95. The molecule has 21 heavy (non-hydrogen) atoms. The van der Waals surface area contributed by atoms with Crippen molar-refractivity contribution in [3.05, 3.63) is 47.5 Å². The number of rotatable bonds is 7. The molecule has 0 spiro atoms. The molecule has 0 saturated carbocycles. The Balaban J connectivity index is 2.10. The van der Waals surface area contributed by atoms with Crippen LogP contribution in [0.2, 0.25) is 0 Å². The van der Waals surface area contributed by atoms with E-state index in [1.54, 1.807) is 19.3 Å². The van der Waals surface area contributed by atoms with E-state index in [0.29, 0.717) is 12.3 Å². The van der Waals surface area contributed by atoms with Crippen LogP contribution in [0.15, 0.2) is 40.0 Å². The maximum absolute atomic E-state index is 12.2. The fraction of sp³-hybridized carbons (Fsp3) is 0.357. The van der Waals surface area contributed by atoms with Crippen molar-refractivity contribution in [1.82, 2.24) is 15.0 Å². The highest BCUT2D eigenvalue weighted by atomic mass is 32.2. The molecule has 0 unspecified atom stereocenters. The molecule has 0 aliphatic carbocycles. The number of sulfonamides is 1. The number of aryl methyl sites for hydroxylation is 1. The van der Waals surface area contributed by atoms with E-state index in [0.717, 1.165) is 17.7 Å². The number of hydrogen-bond donors (Lipinski definition) is 2. The molecule has 114 valence electrons. The molecule has 0 fully saturated rings. The van der Waals surface area contributed by atoms with E-state index in [4.69, 9.17) is 4.42 Å². The zero-order chi connectivity index (χ0) is 15.3. The van der Waals surface area contributed by atoms with Gasteiger partial charge < -0.3 is 9.73 Å². The van der Waals surface area contributed by atoms with Crippen molar-refractivity contribution in [3.63, 3.8) is 0 Å². The minimum atomic E-state index is -3.67. The number of hydrogen-bond acceptors (Lipinski definition) is 5. The van der Waals surface area contributed by atoms with Crippen LogP contribution in [-0.2, 0) is 29.5 Å². The lowest BCUT2D eigenvalue weighted by Gasteiger charge is -2.07. The summed E-state index contributed by atoms with van der Waals surface area (Å²) in [6.45, 7) is 2.63. The van der Waals surface area contributed by atoms with Gasteiger partial charge in [0, 0.05) is 6.20 Å². The van der Waals surface area contributed by atoms with Crippen LogP contribution in [0.4, 0.5) is 0 Å². The Morgan fingerprint density at radius 3 is 2.76 bits per heavy atom. The fourth-order valence-electron chi connectivity index (χ4n) is 1.96. The highest BCUT2D eigenvalue weighted by Gasteiger charge is 2.19. The van der Waals surface area contributed by atoms with E-state index in [-0.39, 0.29) is 11.6 Å². The van der Waals surface area contributed by atoms with Gasteiger partial charge in [-0.15, -0.1) is 0 Å². The van der Waals surface area contributed by atoms with Crippen LogP contribution in [0, 0.1) is 0 Å². The summed E-state index contributed by atoms with van der Waals surface area (Å²) in [5.74, 6) is 0.574. The highest BCUT2D eigenvalue weighted by molar-refractivity contribution is 7.89. The van der Waals surface area contributed by atoms with Gasteiger partial charge in [-0.3, -0.25) is 4.98 Å². The van der Waals surface area contributed by atoms with Crippen LogP contribution in [0.5, 0.6) is 0 Å². The molecule has 0 aliphatic rings. The van der Waals surface area contributed by atoms with Crippen molar-refractivity contribution in [2.75, 3.05) is 7.05 Å². The van der Waals surface area contributed by atoms with Crippen LogP contribution >= 0.6 is 0 Å². The van der Waals surface area contributed by atoms with Crippen molar-refractivity contribution in [2.24, 2.45) is 0 Å². The largest absolute Gasteiger partial charge is 0.447 e. The summed E-state index contributed by atoms with van der Waals surface area (Å²) >= 11 is 0. The van der Waals surface area contributed by atoms with E-state index < -0.39 is 10.0 Å². The molecule has 0 saturated heterocycles. The Morgan fingerprint density at radius 2 is 2.05 bits per heavy atom. The molecule has 2 heterocycles. The summed E-state index contributed by atoms with van der Waals surface area (Å²) in [6, 6.07) is 6.87. The third-order valence-corrected chi connectivity index (χ3v) is 4.32. The first-order valence-electron chi connectivity index (χ1n) is 6.72. The highest BCUT2D eigenvalue weighted by Crippen LogP contribution is 2.14. The molecule has 0 amide bonds. The van der Waals surface area contributed by atoms with Crippen molar-refractivity contribution in [1.29, 1.82) is 0 Å². The second-order valence-electron chi connectivity index (χ2n) is 4.54. The van der Waals surface area contributed by atoms with Gasteiger partial charge in [0.1, 0.15) is 5.76 Å². The van der Waals surface area contributed by atoms with Gasteiger partial charge in [-0.2, -0.15) is 0 Å². The Morgan fingerprint density at radius 1 is 1.24 bits per heavy atom. The Hall–Kier alpha value is -1.70. The molecule has 0 aliphatic heterocycles. The predicted molar refractivity (Wildman–Crippen MR) is 79.1 cm³/mol. The maximum atomic E-state index is 12.2. The Kier molecular flexibility index (Phi) is 5.11. The number of nitrogens with one attached hydrogen (secondary N) is 2. The molecule has 6 nitrogen and oxygen atoms in total. The van der Waals surface area contributed by atoms with E-state index in [2.05, 4.69) is 15.0 Å². The quantitative estimate of drug-likeness (QED) is 0.808. The lowest BCUT2D eigenvalue weighted by molar-refractivity contribution is 0.404. The van der Waals surface area contributed by atoms with E-state index in [1.165, 1.54) is 6.07 Å². The summed E-state index contributed by atoms with van der Waals surface area (Å²) in [7, 11) is -1.90. The van der Waals surface area contributed by atoms with Gasteiger partial charge in [0.25, 0.3) is 10.0 Å². The van der Waals surface area contributed by atoms with Crippen LogP contribution < -0.4 is 10.0 Å². The third kappa shape index (κ3) is 3.90. The second kappa shape index (κ2) is 6.84. The minimum Gasteiger partial charge on any atom is -0.447 e. The monoisotopic (exact) mass is 309 g/mol. The Bertz CT molecular complexity index is 695. The van der Waals surface area contributed by atoms with Crippen LogP contribution in [0.25, 0.3) is 0 Å². The van der Waals surface area contributed by atoms with Crippen molar-refractivity contribution in [2.45, 2.75) is 31.5 Å². The smallest absolute Gasteiger partial charge is 0.274 e. The third-order valence-electron chi connectivity index (χ3n) is 3.05. The van der Waals surface area contributed by atoms with Gasteiger partial charge in [-0.25, -0.2) is 13.1 Å². The lowest BCUT2D eigenvalue weighted by Crippen LogP contribution is -2.24. The molecule has 2 aromatic heterocycles. The van der Waals surface area contributed by atoms with Gasteiger partial charge in [-0.05, 0) is 37.2 Å².